The monoisotopic (exact) mass is 336 g/mol. The summed E-state index contributed by atoms with van der Waals surface area (Å²) >= 11 is 0. The third kappa shape index (κ3) is 3.89. The van der Waals surface area contributed by atoms with Gasteiger partial charge in [-0.2, -0.15) is 5.10 Å². The number of aliphatic hydroxyl groups excluding tert-OH is 1. The number of nitrogens with one attached hydrogen (secondary N) is 1. The molecule has 1 aromatic heterocycles. The molecule has 2 fully saturated rings. The highest BCUT2D eigenvalue weighted by Crippen LogP contribution is 2.29. The third-order valence-corrected chi connectivity index (χ3v) is 5.00. The van der Waals surface area contributed by atoms with Crippen molar-refractivity contribution in [2.24, 2.45) is 0 Å². The van der Waals surface area contributed by atoms with Gasteiger partial charge in [0.1, 0.15) is 6.10 Å². The molecule has 2 N–H and O–H groups in total. The fourth-order valence-corrected chi connectivity index (χ4v) is 3.58. The van der Waals surface area contributed by atoms with Crippen LogP contribution < -0.4 is 5.32 Å². The Kier molecular flexibility index (Phi) is 5.40. The van der Waals surface area contributed by atoms with Crippen molar-refractivity contribution in [1.82, 2.24) is 14.7 Å². The van der Waals surface area contributed by atoms with Crippen LogP contribution in [0, 0.1) is 6.92 Å². The Labute approximate surface area is 143 Å². The van der Waals surface area contributed by atoms with E-state index in [0.29, 0.717) is 31.6 Å². The Morgan fingerprint density at radius 3 is 2.88 bits per heavy atom. The fourth-order valence-electron chi connectivity index (χ4n) is 3.58. The topological polar surface area (TPSA) is 79.6 Å². The standard InChI is InChI=1S/C17H28N4O3/c1-12-10-16(19-21(12)14-6-4-3-5-7-14)18-17(23)20-8-9-24-15(11-20)13(2)22/h10,13-15,22H,3-9,11H2,1-2H3,(H,18,19,23). The fraction of sp³-hybridized carbons (Fsp3) is 0.765. The van der Waals surface area contributed by atoms with Crippen molar-refractivity contribution in [3.8, 4) is 0 Å². The Balaban J connectivity index is 1.62. The van der Waals surface area contributed by atoms with E-state index >= 15 is 0 Å². The maximum atomic E-state index is 12.5. The zero-order valence-corrected chi connectivity index (χ0v) is 14.6. The van der Waals surface area contributed by atoms with Crippen molar-refractivity contribution in [3.63, 3.8) is 0 Å². The van der Waals surface area contributed by atoms with E-state index in [1.807, 2.05) is 13.0 Å². The molecule has 1 saturated carbocycles. The molecule has 1 saturated heterocycles. The van der Waals surface area contributed by atoms with Crippen LogP contribution >= 0.6 is 0 Å². The number of anilines is 1. The SMILES string of the molecule is Cc1cc(NC(=O)N2CCOC(C(C)O)C2)nn1C1CCCCC1. The second kappa shape index (κ2) is 7.53. The first-order chi connectivity index (χ1) is 11.5. The lowest BCUT2D eigenvalue weighted by atomic mass is 9.95. The summed E-state index contributed by atoms with van der Waals surface area (Å²) < 4.78 is 7.54. The average Bonchev–Trinajstić information content (AvgIpc) is 2.96. The summed E-state index contributed by atoms with van der Waals surface area (Å²) in [7, 11) is 0. The number of rotatable bonds is 3. The molecular weight excluding hydrogens is 308 g/mol. The quantitative estimate of drug-likeness (QED) is 0.888. The maximum Gasteiger partial charge on any atom is 0.323 e. The number of morpholine rings is 1. The number of carbonyl (C=O) groups is 1. The summed E-state index contributed by atoms with van der Waals surface area (Å²) in [5, 5.41) is 17.1. The Morgan fingerprint density at radius 1 is 1.42 bits per heavy atom. The Hall–Kier alpha value is -1.60. The molecule has 7 nitrogen and oxygen atoms in total. The lowest BCUT2D eigenvalue weighted by Gasteiger charge is -2.34. The van der Waals surface area contributed by atoms with Crippen molar-refractivity contribution in [1.29, 1.82) is 0 Å². The van der Waals surface area contributed by atoms with Crippen molar-refractivity contribution >= 4 is 11.8 Å². The van der Waals surface area contributed by atoms with E-state index in [4.69, 9.17) is 4.74 Å². The number of amides is 2. The number of aryl methyl sites for hydroxylation is 1. The average molecular weight is 336 g/mol. The van der Waals surface area contributed by atoms with Crippen molar-refractivity contribution in [2.75, 3.05) is 25.0 Å². The molecule has 2 unspecified atom stereocenters. The van der Waals surface area contributed by atoms with Gasteiger partial charge in [0.2, 0.25) is 0 Å². The first-order valence-electron chi connectivity index (χ1n) is 8.96. The third-order valence-electron chi connectivity index (χ3n) is 5.00. The molecule has 0 bridgehead atoms. The number of carbonyl (C=O) groups excluding carboxylic acids is 1. The van der Waals surface area contributed by atoms with Crippen molar-refractivity contribution in [3.05, 3.63) is 11.8 Å². The zero-order chi connectivity index (χ0) is 17.1. The first-order valence-corrected chi connectivity index (χ1v) is 8.96. The van der Waals surface area contributed by atoms with Gasteiger partial charge in [-0.15, -0.1) is 0 Å². The predicted molar refractivity (Wildman–Crippen MR) is 91.1 cm³/mol. The molecular formula is C17H28N4O3. The van der Waals surface area contributed by atoms with Crippen molar-refractivity contribution < 1.29 is 14.6 Å². The van der Waals surface area contributed by atoms with Crippen LogP contribution in [0.3, 0.4) is 0 Å². The summed E-state index contributed by atoms with van der Waals surface area (Å²) in [6.45, 7) is 5.08. The highest BCUT2D eigenvalue weighted by Gasteiger charge is 2.28. The van der Waals surface area contributed by atoms with Gasteiger partial charge in [-0.3, -0.25) is 10.00 Å². The van der Waals surface area contributed by atoms with Gasteiger partial charge in [0.25, 0.3) is 0 Å². The summed E-state index contributed by atoms with van der Waals surface area (Å²) in [6, 6.07) is 2.20. The number of nitrogens with zero attached hydrogens (tertiary/aromatic N) is 3. The number of aliphatic hydroxyl groups is 1. The minimum atomic E-state index is -0.589. The van der Waals surface area contributed by atoms with E-state index in [9.17, 15) is 9.90 Å². The Bertz CT molecular complexity index is 566. The first kappa shape index (κ1) is 17.2. The smallest absolute Gasteiger partial charge is 0.323 e. The normalized spacial score (nSPS) is 24.0. The highest BCUT2D eigenvalue weighted by molar-refractivity contribution is 5.88. The minimum Gasteiger partial charge on any atom is -0.391 e. The predicted octanol–water partition coefficient (Wildman–Crippen LogP) is 2.31. The van der Waals surface area contributed by atoms with E-state index in [-0.39, 0.29) is 12.1 Å². The summed E-state index contributed by atoms with van der Waals surface area (Å²) in [4.78, 5) is 14.1. The number of urea groups is 1. The number of aromatic nitrogens is 2. The molecule has 134 valence electrons. The molecule has 1 aliphatic heterocycles. The molecule has 2 heterocycles. The van der Waals surface area contributed by atoms with Gasteiger partial charge in [0.05, 0.1) is 25.3 Å². The summed E-state index contributed by atoms with van der Waals surface area (Å²) in [6.07, 6.45) is 5.21. The second-order valence-electron chi connectivity index (χ2n) is 6.93. The molecule has 0 radical (unpaired) electrons. The number of hydrogen-bond acceptors (Lipinski definition) is 4. The molecule has 7 heteroatoms. The van der Waals surface area contributed by atoms with Gasteiger partial charge in [-0.05, 0) is 26.7 Å². The Morgan fingerprint density at radius 2 is 2.17 bits per heavy atom. The molecule has 1 aliphatic carbocycles. The largest absolute Gasteiger partial charge is 0.391 e. The van der Waals surface area contributed by atoms with E-state index in [0.717, 1.165) is 18.5 Å². The van der Waals surface area contributed by atoms with Gasteiger partial charge in [0.15, 0.2) is 5.82 Å². The molecule has 2 amide bonds. The van der Waals surface area contributed by atoms with Gasteiger partial charge in [-0.25, -0.2) is 4.79 Å². The number of ether oxygens (including phenoxy) is 1. The second-order valence-corrected chi connectivity index (χ2v) is 6.93. The molecule has 3 rings (SSSR count). The number of hydrogen-bond donors (Lipinski definition) is 2. The molecule has 24 heavy (non-hydrogen) atoms. The van der Waals surface area contributed by atoms with Gasteiger partial charge in [0, 0.05) is 18.3 Å². The van der Waals surface area contributed by atoms with Crippen LogP contribution in [0.25, 0.3) is 0 Å². The van der Waals surface area contributed by atoms with Crippen LogP contribution in [-0.2, 0) is 4.74 Å². The minimum absolute atomic E-state index is 0.183. The van der Waals surface area contributed by atoms with Crippen molar-refractivity contribution in [2.45, 2.75) is 64.2 Å². The zero-order valence-electron chi connectivity index (χ0n) is 14.6. The molecule has 0 aromatic carbocycles. The molecule has 0 spiro atoms. The van der Waals surface area contributed by atoms with E-state index in [2.05, 4.69) is 15.1 Å². The lowest BCUT2D eigenvalue weighted by molar-refractivity contribution is -0.0709. The van der Waals surface area contributed by atoms with Crippen LogP contribution in [0.4, 0.5) is 10.6 Å². The lowest BCUT2D eigenvalue weighted by Crippen LogP contribution is -2.50. The van der Waals surface area contributed by atoms with Crippen LogP contribution in [-0.4, -0.2) is 57.7 Å². The summed E-state index contributed by atoms with van der Waals surface area (Å²) in [5.41, 5.74) is 1.08. The van der Waals surface area contributed by atoms with E-state index < -0.39 is 6.10 Å². The van der Waals surface area contributed by atoms with Crippen LogP contribution in [0.15, 0.2) is 6.07 Å². The van der Waals surface area contributed by atoms with Crippen LogP contribution in [0.5, 0.6) is 0 Å². The van der Waals surface area contributed by atoms with E-state index in [1.165, 1.54) is 19.3 Å². The molecule has 2 aliphatic rings. The van der Waals surface area contributed by atoms with Crippen LogP contribution in [0.1, 0.15) is 50.8 Å². The van der Waals surface area contributed by atoms with Gasteiger partial charge in [-0.1, -0.05) is 19.3 Å². The van der Waals surface area contributed by atoms with E-state index in [1.54, 1.807) is 11.8 Å². The molecule has 2 atom stereocenters. The van der Waals surface area contributed by atoms with Gasteiger partial charge < -0.3 is 14.7 Å². The maximum absolute atomic E-state index is 12.5. The molecule has 1 aromatic rings. The van der Waals surface area contributed by atoms with Gasteiger partial charge >= 0.3 is 6.03 Å². The highest BCUT2D eigenvalue weighted by atomic mass is 16.5. The van der Waals surface area contributed by atoms with Crippen LogP contribution in [0.2, 0.25) is 0 Å². The summed E-state index contributed by atoms with van der Waals surface area (Å²) in [5.74, 6) is 0.600.